The van der Waals surface area contributed by atoms with Gasteiger partial charge in [-0.1, -0.05) is 23.2 Å². The molecular formula is C50H80FN9O14S. The lowest BCUT2D eigenvalue weighted by atomic mass is 9.92. The fourth-order valence-corrected chi connectivity index (χ4v) is 9.76. The highest BCUT2D eigenvalue weighted by Crippen LogP contribution is 2.39. The Hall–Kier alpha value is -5.12. The number of hydroxylamine groups is 1. The summed E-state index contributed by atoms with van der Waals surface area (Å²) in [6.07, 6.45) is 3.32. The molecule has 7 N–H and O–H groups in total. The van der Waals surface area contributed by atoms with Crippen LogP contribution in [0.25, 0.3) is 0 Å². The van der Waals surface area contributed by atoms with Gasteiger partial charge < -0.3 is 50.3 Å². The largest absolute Gasteiger partial charge is 0.457 e. The van der Waals surface area contributed by atoms with E-state index in [1.54, 1.807) is 19.3 Å². The van der Waals surface area contributed by atoms with Crippen molar-refractivity contribution in [1.29, 1.82) is 0 Å². The molecule has 2 aromatic carbocycles. The molecule has 2 aromatic rings. The third-order valence-electron chi connectivity index (χ3n) is 13.3. The summed E-state index contributed by atoms with van der Waals surface area (Å²) in [5.74, 6) is -1.72. The fourth-order valence-electron chi connectivity index (χ4n) is 7.97. The molecule has 75 heavy (non-hydrogen) atoms. The number of carbonyl (C=O) groups is 4. The third kappa shape index (κ3) is 22.6. The van der Waals surface area contributed by atoms with E-state index >= 15 is 0 Å². The lowest BCUT2D eigenvalue weighted by Gasteiger charge is -2.38. The van der Waals surface area contributed by atoms with Crippen molar-refractivity contribution in [2.75, 3.05) is 92.1 Å². The number of halogens is 1. The predicted molar refractivity (Wildman–Crippen MR) is 277 cm³/mol. The zero-order valence-corrected chi connectivity index (χ0v) is 45.1. The first-order valence-corrected chi connectivity index (χ1v) is 26.9. The highest BCUT2D eigenvalue weighted by Gasteiger charge is 2.51. The molecule has 2 unspecified atom stereocenters. The minimum atomic E-state index is -4.38. The number of hydrogen-bond donors (Lipinski definition) is 7. The maximum Gasteiger partial charge on any atom is 0.264 e. The molecule has 1 aliphatic rings. The third-order valence-corrected chi connectivity index (χ3v) is 15.3. The van der Waals surface area contributed by atoms with Gasteiger partial charge in [0.05, 0.1) is 44.5 Å². The van der Waals surface area contributed by atoms with Crippen LogP contribution in [0.3, 0.4) is 0 Å². The second-order valence-electron chi connectivity index (χ2n) is 19.5. The van der Waals surface area contributed by atoms with Crippen LogP contribution in [0.2, 0.25) is 0 Å². The van der Waals surface area contributed by atoms with E-state index in [0.29, 0.717) is 44.6 Å². The van der Waals surface area contributed by atoms with Crippen LogP contribution in [0, 0.1) is 21.5 Å². The number of amides is 4. The van der Waals surface area contributed by atoms with Crippen molar-refractivity contribution in [1.82, 2.24) is 36.4 Å². The van der Waals surface area contributed by atoms with E-state index in [2.05, 4.69) is 36.9 Å². The molecule has 0 heterocycles. The van der Waals surface area contributed by atoms with Crippen molar-refractivity contribution in [3.63, 3.8) is 0 Å². The Morgan fingerprint density at radius 3 is 1.59 bits per heavy atom. The van der Waals surface area contributed by atoms with E-state index in [0.717, 1.165) is 17.1 Å². The van der Waals surface area contributed by atoms with Gasteiger partial charge in [0, 0.05) is 43.7 Å². The number of rotatable bonds is 40. The van der Waals surface area contributed by atoms with Crippen molar-refractivity contribution < 1.29 is 60.9 Å². The minimum Gasteiger partial charge on any atom is -0.457 e. The van der Waals surface area contributed by atoms with Crippen molar-refractivity contribution in [3.05, 3.63) is 64.2 Å². The first-order valence-electron chi connectivity index (χ1n) is 25.5. The average molecular weight is 1080 g/mol. The van der Waals surface area contributed by atoms with Gasteiger partial charge in [0.25, 0.3) is 5.91 Å². The summed E-state index contributed by atoms with van der Waals surface area (Å²) in [5, 5.41) is 30.9. The van der Waals surface area contributed by atoms with Gasteiger partial charge >= 0.3 is 0 Å². The van der Waals surface area contributed by atoms with Crippen LogP contribution < -0.4 is 36.8 Å². The smallest absolute Gasteiger partial charge is 0.264 e. The molecule has 1 fully saturated rings. The van der Waals surface area contributed by atoms with Crippen LogP contribution in [0.5, 0.6) is 11.5 Å². The van der Waals surface area contributed by atoms with Crippen LogP contribution in [-0.4, -0.2) is 162 Å². The van der Waals surface area contributed by atoms with Gasteiger partial charge in [0.1, 0.15) is 48.2 Å². The average Bonchev–Trinajstić information content (AvgIpc) is 3.88. The normalized spacial score (nSPS) is 14.9. The number of nitrogens with one attached hydrogen (secondary N) is 6. The molecule has 3 rings (SSSR count). The van der Waals surface area contributed by atoms with E-state index in [-0.39, 0.29) is 114 Å². The summed E-state index contributed by atoms with van der Waals surface area (Å²) >= 11 is 0. The standard InChI is InChI=1S/C50H80FN9O14S/c1-37(57-65)48(3,4)55-24-18-39(19-25-56-49(5,6)38(2)58-66)17-23-52-45(62)35-73-36-46(63)54-27-30-71-32-34-72-33-31-70-29-26-53-44(61)20-28-60(50(47(64)59-67)21-7-8-22-50)75(68,69)43-15-13-42(14-16-43)74-41-11-9-40(51)10-12-41/h9-16,37-39,55-56,67H,7-8,17-36H2,1-6H3,(H,52,62)(H,53,61)(H,54,63)(H,59,64). The Morgan fingerprint density at radius 2 is 1.11 bits per heavy atom. The Labute approximate surface area is 440 Å². The number of benzene rings is 2. The van der Waals surface area contributed by atoms with Gasteiger partial charge in [0.15, 0.2) is 0 Å². The van der Waals surface area contributed by atoms with Crippen molar-refractivity contribution in [2.24, 2.45) is 16.3 Å². The van der Waals surface area contributed by atoms with Crippen LogP contribution in [-0.2, 0) is 48.1 Å². The van der Waals surface area contributed by atoms with E-state index < -0.39 is 62.3 Å². The highest BCUT2D eigenvalue weighted by atomic mass is 32.2. The van der Waals surface area contributed by atoms with Gasteiger partial charge in [-0.25, -0.2) is 18.3 Å². The topological polar surface area (TPSA) is 303 Å². The number of sulfonamides is 1. The van der Waals surface area contributed by atoms with Crippen LogP contribution in [0.1, 0.15) is 92.9 Å². The van der Waals surface area contributed by atoms with Crippen LogP contribution in [0.15, 0.2) is 63.8 Å². The highest BCUT2D eigenvalue weighted by molar-refractivity contribution is 7.89. The monoisotopic (exact) mass is 1080 g/mol. The maximum absolute atomic E-state index is 14.1. The number of hydrogen-bond acceptors (Lipinski definition) is 18. The van der Waals surface area contributed by atoms with E-state index in [1.165, 1.54) is 48.5 Å². The van der Waals surface area contributed by atoms with Gasteiger partial charge in [-0.15, -0.1) is 0 Å². The fraction of sp³-hybridized carbons (Fsp3) is 0.680. The molecular weight excluding hydrogens is 1000 g/mol. The number of carbonyl (C=O) groups excluding carboxylic acids is 4. The zero-order valence-electron chi connectivity index (χ0n) is 44.3. The molecule has 0 spiro atoms. The molecule has 0 bridgehead atoms. The van der Waals surface area contributed by atoms with Crippen molar-refractivity contribution in [3.8, 4) is 11.5 Å². The number of nitrogens with zero attached hydrogens (tertiary/aromatic N) is 3. The van der Waals surface area contributed by atoms with Gasteiger partial charge in [-0.05, 0) is 141 Å². The molecule has 1 saturated carbocycles. The Balaban J connectivity index is 1.26. The second kappa shape index (κ2) is 33.1. The lowest BCUT2D eigenvalue weighted by Crippen LogP contribution is -2.59. The summed E-state index contributed by atoms with van der Waals surface area (Å²) < 4.78 is 70.0. The Morgan fingerprint density at radius 1 is 0.667 bits per heavy atom. The molecule has 422 valence electrons. The van der Waals surface area contributed by atoms with Gasteiger partial charge in [0.2, 0.25) is 27.7 Å². The summed E-state index contributed by atoms with van der Waals surface area (Å²) in [4.78, 5) is 72.7. The molecule has 2 atom stereocenters. The van der Waals surface area contributed by atoms with E-state index in [9.17, 15) is 47.0 Å². The zero-order chi connectivity index (χ0) is 55.3. The SMILES string of the molecule is CC(N=O)C(C)(C)NCCC(CCNC(=O)COCC(=O)NCCOCCOCCOCCNC(=O)CCN(C1(C(=O)NO)CCCC1)S(=O)(=O)c1ccc(Oc2ccc(F)cc2)cc1)CCNC(C)(C)C(C)N=O. The summed E-state index contributed by atoms with van der Waals surface area (Å²) in [6.45, 7) is 13.7. The Kier molecular flexibility index (Phi) is 28.3. The second-order valence-corrected chi connectivity index (χ2v) is 21.4. The van der Waals surface area contributed by atoms with Crippen molar-refractivity contribution >= 4 is 33.7 Å². The number of nitroso groups, excluding NO2 is 2. The molecule has 0 aliphatic heterocycles. The molecule has 4 amide bonds. The number of ether oxygens (including phenoxy) is 5. The lowest BCUT2D eigenvalue weighted by molar-refractivity contribution is -0.139. The minimum absolute atomic E-state index is 0.125. The summed E-state index contributed by atoms with van der Waals surface area (Å²) in [6, 6.07) is 9.94. The molecule has 0 aromatic heterocycles. The first kappa shape index (κ1) is 64.2. The van der Waals surface area contributed by atoms with E-state index in [1.807, 2.05) is 27.7 Å². The summed E-state index contributed by atoms with van der Waals surface area (Å²) in [5.41, 5.74) is -0.937. The van der Waals surface area contributed by atoms with Crippen LogP contribution in [0.4, 0.5) is 4.39 Å². The van der Waals surface area contributed by atoms with E-state index in [4.69, 9.17) is 23.7 Å². The summed E-state index contributed by atoms with van der Waals surface area (Å²) in [7, 11) is -4.38. The van der Waals surface area contributed by atoms with Gasteiger partial charge in [-0.3, -0.25) is 24.4 Å². The molecule has 0 radical (unpaired) electrons. The van der Waals surface area contributed by atoms with Crippen LogP contribution >= 0.6 is 0 Å². The molecule has 0 saturated heterocycles. The quantitative estimate of drug-likeness (QED) is 0.0214. The maximum atomic E-state index is 14.1. The molecule has 25 heteroatoms. The molecule has 23 nitrogen and oxygen atoms in total. The Bertz CT molecular complexity index is 2140. The predicted octanol–water partition coefficient (Wildman–Crippen LogP) is 4.06. The van der Waals surface area contributed by atoms with Crippen molar-refractivity contribution in [2.45, 2.75) is 127 Å². The molecule has 1 aliphatic carbocycles. The van der Waals surface area contributed by atoms with Gasteiger partial charge in [-0.2, -0.15) is 14.1 Å². The first-order chi connectivity index (χ1) is 35.7.